The number of hydrogen-bond donors (Lipinski definition) is 4. The molecule has 4 atom stereocenters. The first kappa shape index (κ1) is 26.4. The molecule has 0 saturated heterocycles. The maximum Gasteiger partial charge on any atom is 0.305 e. The Morgan fingerprint density at radius 1 is 1.03 bits per heavy atom. The molecule has 196 valence electrons. The third kappa shape index (κ3) is 5.69. The maximum atomic E-state index is 13.2. The number of carbonyl (C=O) groups excluding carboxylic acids is 3. The molecular formula is C23H26N6O6S2. The Bertz CT molecular complexity index is 1350. The van der Waals surface area contributed by atoms with E-state index in [1.807, 2.05) is 13.8 Å². The lowest BCUT2D eigenvalue weighted by atomic mass is 9.99. The van der Waals surface area contributed by atoms with Gasteiger partial charge in [0.2, 0.25) is 5.89 Å². The van der Waals surface area contributed by atoms with Crippen molar-refractivity contribution in [1.29, 1.82) is 0 Å². The van der Waals surface area contributed by atoms with Gasteiger partial charge in [-0.05, 0) is 19.8 Å². The standard InChI is InChI=1S/C23H26N6O6S2/c1-5-9(2)16-23-27-14(8-37-23)19(33)25-12(6-15(30)31)22-26-13(7-36-22)18(32)24-10(3)21-29-17(11(4)35-21)20(34)28-16/h7-10,12,16H,5-6H2,1-4H3,(H,24,32)(H,25,33)(H,28,34)(H,30,31)/t9-,10-,12-,16-/m0/s1. The molecule has 4 rings (SSSR count). The van der Waals surface area contributed by atoms with Gasteiger partial charge in [-0.25, -0.2) is 15.0 Å². The molecule has 4 heterocycles. The Hall–Kier alpha value is -3.65. The van der Waals surface area contributed by atoms with Crippen LogP contribution in [0.1, 0.15) is 105 Å². The first-order chi connectivity index (χ1) is 17.6. The lowest BCUT2D eigenvalue weighted by Crippen LogP contribution is -2.34. The van der Waals surface area contributed by atoms with Gasteiger partial charge in [0.05, 0.1) is 18.5 Å². The third-order valence-electron chi connectivity index (χ3n) is 6.00. The molecule has 3 amide bonds. The van der Waals surface area contributed by atoms with Crippen molar-refractivity contribution in [3.63, 3.8) is 0 Å². The van der Waals surface area contributed by atoms with Gasteiger partial charge in [-0.3, -0.25) is 19.2 Å². The summed E-state index contributed by atoms with van der Waals surface area (Å²) in [6.07, 6.45) is 0.295. The van der Waals surface area contributed by atoms with Crippen LogP contribution in [-0.2, 0) is 4.79 Å². The summed E-state index contributed by atoms with van der Waals surface area (Å²) in [5.74, 6) is -2.31. The number of aliphatic carboxylic acids is 1. The van der Waals surface area contributed by atoms with Crippen molar-refractivity contribution >= 4 is 46.4 Å². The number of amides is 3. The molecule has 0 spiro atoms. The molecule has 37 heavy (non-hydrogen) atoms. The average Bonchev–Trinajstić information content (AvgIpc) is 3.60. The topological polar surface area (TPSA) is 176 Å². The minimum absolute atomic E-state index is 0.0185. The summed E-state index contributed by atoms with van der Waals surface area (Å²) in [7, 11) is 0. The molecule has 0 radical (unpaired) electrons. The van der Waals surface area contributed by atoms with Gasteiger partial charge in [-0.1, -0.05) is 20.3 Å². The van der Waals surface area contributed by atoms with Gasteiger partial charge < -0.3 is 25.5 Å². The lowest BCUT2D eigenvalue weighted by molar-refractivity contribution is -0.137. The van der Waals surface area contributed by atoms with Crippen LogP contribution in [0.3, 0.4) is 0 Å². The number of fused-ring (bicyclic) bond motifs is 6. The summed E-state index contributed by atoms with van der Waals surface area (Å²) in [6, 6.07) is -2.16. The van der Waals surface area contributed by atoms with Crippen molar-refractivity contribution in [2.45, 2.75) is 58.7 Å². The van der Waals surface area contributed by atoms with E-state index in [0.717, 1.165) is 17.8 Å². The van der Waals surface area contributed by atoms with Crippen molar-refractivity contribution in [3.05, 3.63) is 49.5 Å². The number of carbonyl (C=O) groups is 4. The molecule has 0 aliphatic carbocycles. The summed E-state index contributed by atoms with van der Waals surface area (Å²) < 4.78 is 5.69. The van der Waals surface area contributed by atoms with Gasteiger partial charge in [0.1, 0.15) is 33.2 Å². The number of carboxylic acids is 1. The van der Waals surface area contributed by atoms with Crippen LogP contribution in [0.4, 0.5) is 0 Å². The number of carboxylic acid groups (broad SMARTS) is 1. The molecule has 12 nitrogen and oxygen atoms in total. The zero-order chi connectivity index (χ0) is 26.9. The predicted octanol–water partition coefficient (Wildman–Crippen LogP) is 3.16. The zero-order valence-electron chi connectivity index (χ0n) is 20.5. The lowest BCUT2D eigenvalue weighted by Gasteiger charge is -2.22. The van der Waals surface area contributed by atoms with E-state index in [4.69, 9.17) is 4.42 Å². The summed E-state index contributed by atoms with van der Waals surface area (Å²) >= 11 is 2.28. The van der Waals surface area contributed by atoms with Crippen molar-refractivity contribution in [2.24, 2.45) is 5.92 Å². The minimum Gasteiger partial charge on any atom is -0.481 e. The molecule has 1 aliphatic heterocycles. The van der Waals surface area contributed by atoms with E-state index in [2.05, 4.69) is 30.9 Å². The highest BCUT2D eigenvalue weighted by molar-refractivity contribution is 7.10. The summed E-state index contributed by atoms with van der Waals surface area (Å²) in [5, 5.41) is 21.6. The minimum atomic E-state index is -1.14. The predicted molar refractivity (Wildman–Crippen MR) is 133 cm³/mol. The molecule has 0 unspecified atom stereocenters. The third-order valence-corrected chi connectivity index (χ3v) is 7.89. The molecule has 14 heteroatoms. The number of rotatable bonds is 4. The number of aromatic nitrogens is 3. The quantitative estimate of drug-likeness (QED) is 0.383. The molecule has 6 bridgehead atoms. The van der Waals surface area contributed by atoms with Gasteiger partial charge >= 0.3 is 5.97 Å². The number of aryl methyl sites for hydroxylation is 1. The Morgan fingerprint density at radius 2 is 1.65 bits per heavy atom. The van der Waals surface area contributed by atoms with Crippen LogP contribution < -0.4 is 16.0 Å². The average molecular weight is 547 g/mol. The van der Waals surface area contributed by atoms with Crippen molar-refractivity contribution < 1.29 is 28.7 Å². The Balaban J connectivity index is 1.78. The van der Waals surface area contributed by atoms with Crippen molar-refractivity contribution in [2.75, 3.05) is 0 Å². The Labute approximate surface area is 219 Å². The molecule has 0 fully saturated rings. The van der Waals surface area contributed by atoms with Gasteiger partial charge in [-0.2, -0.15) is 0 Å². The number of hydrogen-bond acceptors (Lipinski definition) is 10. The fraction of sp³-hybridized carbons (Fsp3) is 0.435. The fourth-order valence-electron chi connectivity index (χ4n) is 3.73. The second-order valence-electron chi connectivity index (χ2n) is 8.75. The van der Waals surface area contributed by atoms with E-state index in [1.54, 1.807) is 19.2 Å². The first-order valence-corrected chi connectivity index (χ1v) is 13.4. The van der Waals surface area contributed by atoms with Crippen LogP contribution >= 0.6 is 22.7 Å². The zero-order valence-corrected chi connectivity index (χ0v) is 22.2. The van der Waals surface area contributed by atoms with E-state index in [9.17, 15) is 24.3 Å². The number of oxazole rings is 1. The van der Waals surface area contributed by atoms with Gasteiger partial charge in [0.25, 0.3) is 17.7 Å². The van der Waals surface area contributed by atoms with E-state index >= 15 is 0 Å². The number of nitrogens with one attached hydrogen (secondary N) is 3. The molecule has 1 aliphatic rings. The summed E-state index contributed by atoms with van der Waals surface area (Å²) in [6.45, 7) is 7.21. The van der Waals surface area contributed by atoms with Crippen LogP contribution in [-0.4, -0.2) is 43.7 Å². The second-order valence-corrected chi connectivity index (χ2v) is 10.5. The fourth-order valence-corrected chi connectivity index (χ4v) is 5.56. The van der Waals surface area contributed by atoms with Gasteiger partial charge in [0, 0.05) is 10.8 Å². The van der Waals surface area contributed by atoms with Crippen LogP contribution in [0, 0.1) is 12.8 Å². The van der Waals surface area contributed by atoms with Crippen molar-refractivity contribution in [3.8, 4) is 0 Å². The smallest absolute Gasteiger partial charge is 0.305 e. The summed E-state index contributed by atoms with van der Waals surface area (Å²) in [4.78, 5) is 63.5. The van der Waals surface area contributed by atoms with Crippen LogP contribution in [0.5, 0.6) is 0 Å². The molecule has 3 aromatic heterocycles. The second kappa shape index (κ2) is 10.8. The normalized spacial score (nSPS) is 21.3. The van der Waals surface area contributed by atoms with E-state index in [0.29, 0.717) is 10.8 Å². The number of thiazole rings is 2. The summed E-state index contributed by atoms with van der Waals surface area (Å²) in [5.41, 5.74) is 0.223. The monoisotopic (exact) mass is 546 g/mol. The van der Waals surface area contributed by atoms with Gasteiger partial charge in [0.15, 0.2) is 5.69 Å². The molecule has 0 aromatic carbocycles. The molecule has 0 saturated carbocycles. The first-order valence-electron chi connectivity index (χ1n) is 11.6. The van der Waals surface area contributed by atoms with Gasteiger partial charge in [-0.15, -0.1) is 22.7 Å². The van der Waals surface area contributed by atoms with Crippen LogP contribution in [0.15, 0.2) is 15.2 Å². The number of nitrogens with zero attached hydrogens (tertiary/aromatic N) is 3. The highest BCUT2D eigenvalue weighted by atomic mass is 32.1. The highest BCUT2D eigenvalue weighted by Crippen LogP contribution is 2.29. The largest absolute Gasteiger partial charge is 0.481 e. The van der Waals surface area contributed by atoms with E-state index in [-0.39, 0.29) is 33.9 Å². The maximum absolute atomic E-state index is 13.2. The van der Waals surface area contributed by atoms with E-state index < -0.39 is 48.2 Å². The van der Waals surface area contributed by atoms with E-state index in [1.165, 1.54) is 16.7 Å². The Morgan fingerprint density at radius 3 is 2.30 bits per heavy atom. The molecular weight excluding hydrogens is 520 g/mol. The van der Waals surface area contributed by atoms with Crippen LogP contribution in [0.25, 0.3) is 0 Å². The SMILES string of the molecule is CC[C@H](C)[C@@H]1NC(=O)c2nc(oc2C)[C@H](C)NC(=O)c2csc(n2)[C@H](CC(=O)O)NC(=O)c2csc1n2. The molecule has 4 N–H and O–H groups in total. The van der Waals surface area contributed by atoms with Crippen LogP contribution in [0.2, 0.25) is 0 Å². The Kier molecular flexibility index (Phi) is 7.68. The molecule has 3 aromatic rings. The highest BCUT2D eigenvalue weighted by Gasteiger charge is 2.30. The van der Waals surface area contributed by atoms with Crippen molar-refractivity contribution in [1.82, 2.24) is 30.9 Å².